The summed E-state index contributed by atoms with van der Waals surface area (Å²) in [5.41, 5.74) is 6.86. The summed E-state index contributed by atoms with van der Waals surface area (Å²) >= 11 is 0. The number of hydrogen-bond donors (Lipinski definition) is 2. The van der Waals surface area contributed by atoms with E-state index >= 15 is 0 Å². The van der Waals surface area contributed by atoms with Crippen molar-refractivity contribution in [1.82, 2.24) is 10.2 Å². The third kappa shape index (κ3) is 2.08. The lowest BCUT2D eigenvalue weighted by atomic mass is 9.86. The molecule has 2 rings (SSSR count). The highest BCUT2D eigenvalue weighted by Gasteiger charge is 2.23. The maximum absolute atomic E-state index is 5.82. The van der Waals surface area contributed by atoms with E-state index in [9.17, 15) is 0 Å². The van der Waals surface area contributed by atoms with Crippen molar-refractivity contribution in [3.8, 4) is 0 Å². The molecule has 0 bridgehead atoms. The maximum atomic E-state index is 5.82. The molecule has 4 heteroatoms. The second-order valence-electron chi connectivity index (χ2n) is 4.71. The van der Waals surface area contributed by atoms with Crippen molar-refractivity contribution in [3.63, 3.8) is 0 Å². The summed E-state index contributed by atoms with van der Waals surface area (Å²) in [6.07, 6.45) is 7.04. The third-order valence-corrected chi connectivity index (χ3v) is 3.48. The summed E-state index contributed by atoms with van der Waals surface area (Å²) in [5.74, 6) is 1.51. The van der Waals surface area contributed by atoms with E-state index in [4.69, 9.17) is 5.73 Å². The summed E-state index contributed by atoms with van der Waals surface area (Å²) in [4.78, 5) is 2.27. The predicted octanol–water partition coefficient (Wildman–Crippen LogP) is 2.01. The predicted molar refractivity (Wildman–Crippen MR) is 62.8 cm³/mol. The van der Waals surface area contributed by atoms with Gasteiger partial charge < -0.3 is 10.6 Å². The van der Waals surface area contributed by atoms with E-state index in [2.05, 4.69) is 29.1 Å². The number of nitrogen functional groups attached to an aromatic ring is 1. The largest absolute Gasteiger partial charge is 0.382 e. The van der Waals surface area contributed by atoms with Crippen molar-refractivity contribution < 1.29 is 0 Å². The topological polar surface area (TPSA) is 57.9 Å². The van der Waals surface area contributed by atoms with Crippen molar-refractivity contribution in [2.24, 2.45) is 5.92 Å². The van der Waals surface area contributed by atoms with Crippen molar-refractivity contribution in [2.45, 2.75) is 38.6 Å². The average Bonchev–Trinajstić information content (AvgIpc) is 2.63. The Hall–Kier alpha value is -1.19. The number of hydrogen-bond acceptors (Lipinski definition) is 3. The summed E-state index contributed by atoms with van der Waals surface area (Å²) in [6.45, 7) is 2.33. The third-order valence-electron chi connectivity index (χ3n) is 3.48. The number of rotatable bonds is 2. The molecule has 0 saturated heterocycles. The molecule has 1 aliphatic rings. The van der Waals surface area contributed by atoms with Crippen LogP contribution in [0.1, 0.15) is 32.6 Å². The lowest BCUT2D eigenvalue weighted by Crippen LogP contribution is -2.35. The number of nitrogens with one attached hydrogen (secondary N) is 1. The van der Waals surface area contributed by atoms with Gasteiger partial charge >= 0.3 is 0 Å². The van der Waals surface area contributed by atoms with Gasteiger partial charge in [0.05, 0.1) is 11.9 Å². The van der Waals surface area contributed by atoms with Crippen LogP contribution in [0, 0.1) is 5.92 Å². The Kier molecular flexibility index (Phi) is 2.84. The normalized spacial score (nSPS) is 26.5. The zero-order chi connectivity index (χ0) is 10.8. The first-order valence-corrected chi connectivity index (χ1v) is 5.70. The smallest absolute Gasteiger partial charge is 0.142 e. The molecule has 4 nitrogen and oxygen atoms in total. The van der Waals surface area contributed by atoms with Crippen LogP contribution in [0.25, 0.3) is 0 Å². The molecule has 1 aromatic heterocycles. The second-order valence-corrected chi connectivity index (χ2v) is 4.71. The van der Waals surface area contributed by atoms with E-state index in [1.807, 2.05) is 6.20 Å². The molecule has 1 heterocycles. The van der Waals surface area contributed by atoms with Gasteiger partial charge in [-0.15, -0.1) is 0 Å². The average molecular weight is 208 g/mol. The van der Waals surface area contributed by atoms with Crippen LogP contribution in [0.15, 0.2) is 6.20 Å². The highest BCUT2D eigenvalue weighted by atomic mass is 15.2. The number of nitrogens with two attached hydrogens (primary N) is 1. The summed E-state index contributed by atoms with van der Waals surface area (Å²) in [7, 11) is 2.12. The maximum Gasteiger partial charge on any atom is 0.142 e. The first kappa shape index (κ1) is 10.3. The van der Waals surface area contributed by atoms with Crippen LogP contribution in [0.3, 0.4) is 0 Å². The monoisotopic (exact) mass is 208 g/mol. The SMILES string of the molecule is CC1CCCC(N(C)c2cn[nH]c2N)C1. The number of nitrogens with zero attached hydrogens (tertiary/aromatic N) is 2. The Balaban J connectivity index is 2.07. The summed E-state index contributed by atoms with van der Waals surface area (Å²) in [5, 5.41) is 6.75. The molecule has 0 amide bonds. The molecule has 2 unspecified atom stereocenters. The van der Waals surface area contributed by atoms with Gasteiger partial charge in [0.1, 0.15) is 5.82 Å². The van der Waals surface area contributed by atoms with Crippen LogP contribution in [0.5, 0.6) is 0 Å². The van der Waals surface area contributed by atoms with Gasteiger partial charge in [-0.1, -0.05) is 19.8 Å². The minimum atomic E-state index is 0.619. The number of aromatic amines is 1. The zero-order valence-corrected chi connectivity index (χ0v) is 9.53. The van der Waals surface area contributed by atoms with Crippen molar-refractivity contribution in [1.29, 1.82) is 0 Å². The Labute approximate surface area is 90.8 Å². The minimum absolute atomic E-state index is 0.619. The fraction of sp³-hybridized carbons (Fsp3) is 0.727. The van der Waals surface area contributed by atoms with E-state index < -0.39 is 0 Å². The zero-order valence-electron chi connectivity index (χ0n) is 9.53. The summed E-state index contributed by atoms with van der Waals surface area (Å²) < 4.78 is 0. The molecule has 0 aromatic carbocycles. The molecule has 0 aliphatic heterocycles. The first-order valence-electron chi connectivity index (χ1n) is 5.70. The van der Waals surface area contributed by atoms with E-state index in [0.717, 1.165) is 11.6 Å². The summed E-state index contributed by atoms with van der Waals surface area (Å²) in [6, 6.07) is 0.619. The van der Waals surface area contributed by atoms with Crippen LogP contribution in [0.4, 0.5) is 11.5 Å². The molecule has 0 radical (unpaired) electrons. The van der Waals surface area contributed by atoms with Crippen LogP contribution in [-0.2, 0) is 0 Å². The van der Waals surface area contributed by atoms with Crippen LogP contribution >= 0.6 is 0 Å². The van der Waals surface area contributed by atoms with Gasteiger partial charge in [-0.3, -0.25) is 5.10 Å². The van der Waals surface area contributed by atoms with Gasteiger partial charge in [-0.05, 0) is 18.8 Å². The highest BCUT2D eigenvalue weighted by Crippen LogP contribution is 2.30. The highest BCUT2D eigenvalue weighted by molar-refractivity contribution is 5.62. The second kappa shape index (κ2) is 4.13. The van der Waals surface area contributed by atoms with Crippen molar-refractivity contribution in [3.05, 3.63) is 6.20 Å². The van der Waals surface area contributed by atoms with Crippen LogP contribution < -0.4 is 10.6 Å². The van der Waals surface area contributed by atoms with Gasteiger partial charge in [0.15, 0.2) is 0 Å². The number of aromatic nitrogens is 2. The van der Waals surface area contributed by atoms with Crippen molar-refractivity contribution in [2.75, 3.05) is 17.7 Å². The molecule has 2 atom stereocenters. The lowest BCUT2D eigenvalue weighted by molar-refractivity contribution is 0.336. The van der Waals surface area contributed by atoms with E-state index in [0.29, 0.717) is 11.9 Å². The molecular formula is C11H20N4. The Morgan fingerprint density at radius 3 is 2.93 bits per heavy atom. The van der Waals surface area contributed by atoms with E-state index in [1.54, 1.807) is 0 Å². The number of H-pyrrole nitrogens is 1. The van der Waals surface area contributed by atoms with E-state index in [1.165, 1.54) is 25.7 Å². The molecule has 1 fully saturated rings. The lowest BCUT2D eigenvalue weighted by Gasteiger charge is -2.35. The standard InChI is InChI=1S/C11H20N4/c1-8-4-3-5-9(6-8)15(2)10-7-13-14-11(10)12/h7-9H,3-6H2,1-2H3,(H3,12,13,14). The fourth-order valence-corrected chi connectivity index (χ4v) is 2.52. The van der Waals surface area contributed by atoms with E-state index in [-0.39, 0.29) is 0 Å². The van der Waals surface area contributed by atoms with Gasteiger partial charge in [0.2, 0.25) is 0 Å². The fourth-order valence-electron chi connectivity index (χ4n) is 2.52. The van der Waals surface area contributed by atoms with Crippen LogP contribution in [-0.4, -0.2) is 23.3 Å². The van der Waals surface area contributed by atoms with Crippen LogP contribution in [0.2, 0.25) is 0 Å². The van der Waals surface area contributed by atoms with Gasteiger partial charge in [-0.2, -0.15) is 5.10 Å². The van der Waals surface area contributed by atoms with Gasteiger partial charge in [0, 0.05) is 13.1 Å². The molecule has 3 N–H and O–H groups in total. The Morgan fingerprint density at radius 1 is 1.53 bits per heavy atom. The minimum Gasteiger partial charge on any atom is -0.382 e. The quantitative estimate of drug-likeness (QED) is 0.781. The van der Waals surface area contributed by atoms with Gasteiger partial charge in [0.25, 0.3) is 0 Å². The molecule has 15 heavy (non-hydrogen) atoms. The Morgan fingerprint density at radius 2 is 2.33 bits per heavy atom. The molecule has 1 aliphatic carbocycles. The van der Waals surface area contributed by atoms with Gasteiger partial charge in [-0.25, -0.2) is 0 Å². The molecule has 0 spiro atoms. The first-order chi connectivity index (χ1) is 7.18. The molecule has 84 valence electrons. The van der Waals surface area contributed by atoms with Crippen molar-refractivity contribution >= 4 is 11.5 Å². The molecule has 1 saturated carbocycles. The molecule has 1 aromatic rings. The Bertz CT molecular complexity index is 320. The number of anilines is 2. The molecular weight excluding hydrogens is 188 g/mol.